The molecule has 0 spiro atoms. The molecule has 0 amide bonds. The first-order chi connectivity index (χ1) is 8.46. The maximum absolute atomic E-state index is 8.64. The molecular formula is C13H17N3S2. The number of aliphatic imine (C=N–C) groups is 1. The van der Waals surface area contributed by atoms with E-state index in [1.54, 1.807) is 11.8 Å². The van der Waals surface area contributed by atoms with E-state index in [0.29, 0.717) is 5.17 Å². The molecule has 0 saturated heterocycles. The minimum absolute atomic E-state index is 0.133. The normalized spacial score (nSPS) is 12.1. The van der Waals surface area contributed by atoms with E-state index in [-0.39, 0.29) is 4.75 Å². The molecular weight excluding hydrogens is 262 g/mol. The maximum atomic E-state index is 8.64. The van der Waals surface area contributed by atoms with Crippen molar-refractivity contribution in [2.24, 2.45) is 4.99 Å². The lowest BCUT2D eigenvalue weighted by Gasteiger charge is -2.18. The average Bonchev–Trinajstić information content (AvgIpc) is 2.29. The van der Waals surface area contributed by atoms with Crippen molar-refractivity contribution in [2.45, 2.75) is 30.4 Å². The van der Waals surface area contributed by atoms with Gasteiger partial charge < -0.3 is 0 Å². The van der Waals surface area contributed by atoms with Crippen LogP contribution in [0.3, 0.4) is 0 Å². The summed E-state index contributed by atoms with van der Waals surface area (Å²) < 4.78 is 0.133. The smallest absolute Gasteiger partial charge is 0.183 e. The fraction of sp³-hybridized carbons (Fsp3) is 0.385. The van der Waals surface area contributed by atoms with Crippen LogP contribution in [0.5, 0.6) is 0 Å². The third-order valence-corrected chi connectivity index (χ3v) is 3.62. The lowest BCUT2D eigenvalue weighted by Crippen LogP contribution is -2.12. The molecule has 0 fully saturated rings. The molecule has 5 heteroatoms. The highest BCUT2D eigenvalue weighted by Gasteiger charge is 2.14. The summed E-state index contributed by atoms with van der Waals surface area (Å²) in [4.78, 5) is 5.60. The molecule has 0 atom stereocenters. The highest BCUT2D eigenvalue weighted by molar-refractivity contribution is 8.13. The molecule has 1 aromatic rings. The van der Waals surface area contributed by atoms with Gasteiger partial charge in [0.15, 0.2) is 11.4 Å². The van der Waals surface area contributed by atoms with E-state index in [4.69, 9.17) is 5.26 Å². The van der Waals surface area contributed by atoms with Crippen LogP contribution in [0.4, 0.5) is 5.69 Å². The molecule has 96 valence electrons. The standard InChI is InChI=1S/C13H17N3S2/c1-13(2,3)18-11-8-6-5-7-10(11)16-12(17-4)15-9-14/h5-8H,1-4H3,(H,15,16). The highest BCUT2D eigenvalue weighted by Crippen LogP contribution is 2.37. The van der Waals surface area contributed by atoms with Gasteiger partial charge in [0.25, 0.3) is 0 Å². The van der Waals surface area contributed by atoms with Crippen LogP contribution in [0, 0.1) is 11.5 Å². The van der Waals surface area contributed by atoms with Gasteiger partial charge in [-0.2, -0.15) is 5.26 Å². The molecule has 1 aromatic carbocycles. The highest BCUT2D eigenvalue weighted by atomic mass is 32.2. The number of amidine groups is 1. The van der Waals surface area contributed by atoms with E-state index in [0.717, 1.165) is 10.6 Å². The summed E-state index contributed by atoms with van der Waals surface area (Å²) in [5, 5.41) is 11.8. The van der Waals surface area contributed by atoms with Gasteiger partial charge in [0.2, 0.25) is 0 Å². The molecule has 0 saturated carbocycles. The number of rotatable bonds is 2. The Balaban J connectivity index is 3.06. The number of nitriles is 1. The first-order valence-electron chi connectivity index (χ1n) is 5.52. The molecule has 18 heavy (non-hydrogen) atoms. The second-order valence-electron chi connectivity index (χ2n) is 4.54. The Morgan fingerprint density at radius 3 is 2.56 bits per heavy atom. The van der Waals surface area contributed by atoms with E-state index < -0.39 is 0 Å². The second kappa shape index (κ2) is 6.72. The van der Waals surface area contributed by atoms with Crippen molar-refractivity contribution in [1.82, 2.24) is 5.32 Å². The van der Waals surface area contributed by atoms with Crippen LogP contribution in [0.2, 0.25) is 0 Å². The average molecular weight is 279 g/mol. The van der Waals surface area contributed by atoms with Crippen LogP contribution in [0.15, 0.2) is 34.2 Å². The van der Waals surface area contributed by atoms with E-state index >= 15 is 0 Å². The zero-order valence-electron chi connectivity index (χ0n) is 11.0. The van der Waals surface area contributed by atoms with E-state index in [1.807, 2.05) is 30.6 Å². The van der Waals surface area contributed by atoms with Crippen LogP contribution in [-0.2, 0) is 0 Å². The zero-order chi connectivity index (χ0) is 13.6. The molecule has 0 aliphatic heterocycles. The molecule has 3 nitrogen and oxygen atoms in total. The Morgan fingerprint density at radius 2 is 2.00 bits per heavy atom. The summed E-state index contributed by atoms with van der Waals surface area (Å²) in [6.45, 7) is 6.50. The fourth-order valence-corrected chi connectivity index (χ4v) is 2.61. The minimum Gasteiger partial charge on any atom is -0.271 e. The summed E-state index contributed by atoms with van der Waals surface area (Å²) in [5.41, 5.74) is 0.893. The minimum atomic E-state index is 0.133. The summed E-state index contributed by atoms with van der Waals surface area (Å²) in [5.74, 6) is 0. The third-order valence-electron chi connectivity index (χ3n) is 1.86. The predicted molar refractivity (Wildman–Crippen MR) is 81.4 cm³/mol. The van der Waals surface area contributed by atoms with E-state index in [2.05, 4.69) is 37.1 Å². The lowest BCUT2D eigenvalue weighted by molar-refractivity contribution is 0.803. The van der Waals surface area contributed by atoms with Gasteiger partial charge in [0, 0.05) is 9.64 Å². The van der Waals surface area contributed by atoms with Crippen molar-refractivity contribution < 1.29 is 0 Å². The number of benzene rings is 1. The fourth-order valence-electron chi connectivity index (χ4n) is 1.25. The summed E-state index contributed by atoms with van der Waals surface area (Å²) in [6, 6.07) is 7.97. The van der Waals surface area contributed by atoms with Gasteiger partial charge in [0.1, 0.15) is 0 Å². The van der Waals surface area contributed by atoms with Crippen molar-refractivity contribution in [3.8, 4) is 6.19 Å². The SMILES string of the molecule is CSC(=Nc1ccccc1SC(C)(C)C)NC#N. The molecule has 0 aliphatic rings. The third kappa shape index (κ3) is 5.03. The second-order valence-corrected chi connectivity index (χ2v) is 7.20. The van der Waals surface area contributed by atoms with Crippen molar-refractivity contribution in [3.63, 3.8) is 0 Å². The summed E-state index contributed by atoms with van der Waals surface area (Å²) >= 11 is 3.19. The Hall–Kier alpha value is -1.12. The largest absolute Gasteiger partial charge is 0.271 e. The molecule has 1 rings (SSSR count). The number of hydrogen-bond acceptors (Lipinski definition) is 4. The number of hydrogen-bond donors (Lipinski definition) is 1. The van der Waals surface area contributed by atoms with Gasteiger partial charge >= 0.3 is 0 Å². The Kier molecular flexibility index (Phi) is 5.57. The quantitative estimate of drug-likeness (QED) is 0.292. The van der Waals surface area contributed by atoms with Gasteiger partial charge in [0.05, 0.1) is 5.69 Å². The molecule has 0 aromatic heterocycles. The number of nitrogens with one attached hydrogen (secondary N) is 1. The van der Waals surface area contributed by atoms with E-state index in [1.165, 1.54) is 11.8 Å². The first kappa shape index (κ1) is 14.9. The Bertz CT molecular complexity index is 470. The molecule has 0 bridgehead atoms. The Morgan fingerprint density at radius 1 is 1.33 bits per heavy atom. The van der Waals surface area contributed by atoms with Gasteiger partial charge in [-0.25, -0.2) is 4.99 Å². The van der Waals surface area contributed by atoms with Crippen molar-refractivity contribution >= 4 is 34.4 Å². The molecule has 0 aliphatic carbocycles. The van der Waals surface area contributed by atoms with E-state index in [9.17, 15) is 0 Å². The molecule has 0 unspecified atom stereocenters. The van der Waals surface area contributed by atoms with Gasteiger partial charge in [-0.3, -0.25) is 5.32 Å². The van der Waals surface area contributed by atoms with Crippen LogP contribution in [0.25, 0.3) is 0 Å². The van der Waals surface area contributed by atoms with Crippen molar-refractivity contribution in [3.05, 3.63) is 24.3 Å². The van der Waals surface area contributed by atoms with Gasteiger partial charge in [-0.05, 0) is 18.4 Å². The number of para-hydroxylation sites is 1. The number of thioether (sulfide) groups is 2. The Labute approximate surface area is 117 Å². The van der Waals surface area contributed by atoms with Crippen molar-refractivity contribution in [1.29, 1.82) is 5.26 Å². The first-order valence-corrected chi connectivity index (χ1v) is 7.56. The topological polar surface area (TPSA) is 48.2 Å². The lowest BCUT2D eigenvalue weighted by atomic mass is 10.3. The maximum Gasteiger partial charge on any atom is 0.183 e. The van der Waals surface area contributed by atoms with Crippen LogP contribution in [-0.4, -0.2) is 16.2 Å². The predicted octanol–water partition coefficient (Wildman–Crippen LogP) is 4.00. The molecule has 0 radical (unpaired) electrons. The van der Waals surface area contributed by atoms with Crippen LogP contribution >= 0.6 is 23.5 Å². The number of nitrogens with zero attached hydrogens (tertiary/aromatic N) is 2. The van der Waals surface area contributed by atoms with Gasteiger partial charge in [-0.1, -0.05) is 44.7 Å². The van der Waals surface area contributed by atoms with Crippen LogP contribution < -0.4 is 5.32 Å². The summed E-state index contributed by atoms with van der Waals surface area (Å²) in [6.07, 6.45) is 3.79. The zero-order valence-corrected chi connectivity index (χ0v) is 12.7. The van der Waals surface area contributed by atoms with Crippen molar-refractivity contribution in [2.75, 3.05) is 6.26 Å². The summed E-state index contributed by atoms with van der Waals surface area (Å²) in [7, 11) is 0. The molecule has 1 N–H and O–H groups in total. The monoisotopic (exact) mass is 279 g/mol. The van der Waals surface area contributed by atoms with Gasteiger partial charge in [-0.15, -0.1) is 11.8 Å². The van der Waals surface area contributed by atoms with Crippen LogP contribution in [0.1, 0.15) is 20.8 Å². The molecule has 0 heterocycles.